The molecule has 7 rings (SSSR count). The normalized spacial score (nSPS) is 18.4. The number of hydrogen-bond acceptors (Lipinski definition) is 10. The maximum atomic E-state index is 12.4. The van der Waals surface area contributed by atoms with E-state index in [1.165, 1.54) is 0 Å². The molecule has 5 heterocycles. The third-order valence-corrected chi connectivity index (χ3v) is 8.80. The van der Waals surface area contributed by atoms with Crippen molar-refractivity contribution in [2.24, 2.45) is 0 Å². The third-order valence-electron chi connectivity index (χ3n) is 8.80. The van der Waals surface area contributed by atoms with Crippen LogP contribution in [0.3, 0.4) is 0 Å². The zero-order valence-corrected chi connectivity index (χ0v) is 25.6. The molecular formula is C34H38N6O5. The Morgan fingerprint density at radius 1 is 0.978 bits per heavy atom. The summed E-state index contributed by atoms with van der Waals surface area (Å²) < 4.78 is 23.4. The SMILES string of the molecule is COc1cc(OC)nc(CN2CCC(Nc3ccc4c(c3)Cc3cccc(C5CN(c6ccc[nH]c6=O)CCO5)c3O4)CC2)n1. The molecular weight excluding hydrogens is 572 g/mol. The highest BCUT2D eigenvalue weighted by Crippen LogP contribution is 2.43. The summed E-state index contributed by atoms with van der Waals surface area (Å²) in [6.45, 7) is 4.35. The van der Waals surface area contributed by atoms with Gasteiger partial charge in [-0.3, -0.25) is 9.69 Å². The van der Waals surface area contributed by atoms with E-state index in [9.17, 15) is 4.79 Å². The zero-order valence-electron chi connectivity index (χ0n) is 25.6. The van der Waals surface area contributed by atoms with Crippen LogP contribution in [0.1, 0.15) is 41.5 Å². The Labute approximate surface area is 262 Å². The van der Waals surface area contributed by atoms with Crippen molar-refractivity contribution in [1.29, 1.82) is 0 Å². The average molecular weight is 611 g/mol. The van der Waals surface area contributed by atoms with Crippen LogP contribution < -0.4 is 30.0 Å². The predicted molar refractivity (Wildman–Crippen MR) is 171 cm³/mol. The molecule has 2 fully saturated rings. The second-order valence-electron chi connectivity index (χ2n) is 11.7. The van der Waals surface area contributed by atoms with E-state index in [0.29, 0.717) is 55.6 Å². The number of methoxy groups -OCH3 is 2. The molecule has 45 heavy (non-hydrogen) atoms. The van der Waals surface area contributed by atoms with Gasteiger partial charge in [-0.25, -0.2) is 0 Å². The highest BCUT2D eigenvalue weighted by atomic mass is 16.5. The van der Waals surface area contributed by atoms with Gasteiger partial charge < -0.3 is 34.1 Å². The minimum Gasteiger partial charge on any atom is -0.481 e. The Balaban J connectivity index is 0.985. The lowest BCUT2D eigenvalue weighted by atomic mass is 9.95. The smallest absolute Gasteiger partial charge is 0.271 e. The second kappa shape index (κ2) is 12.8. The van der Waals surface area contributed by atoms with Gasteiger partial charge in [0.1, 0.15) is 29.1 Å². The van der Waals surface area contributed by atoms with Crippen molar-refractivity contribution in [2.45, 2.75) is 38.0 Å². The number of benzene rings is 2. The van der Waals surface area contributed by atoms with Gasteiger partial charge in [-0.2, -0.15) is 9.97 Å². The van der Waals surface area contributed by atoms with Crippen LogP contribution in [0, 0.1) is 0 Å². The van der Waals surface area contributed by atoms with Crippen molar-refractivity contribution < 1.29 is 18.9 Å². The first-order valence-electron chi connectivity index (χ1n) is 15.5. The van der Waals surface area contributed by atoms with Crippen LogP contribution in [0.15, 0.2) is 65.6 Å². The van der Waals surface area contributed by atoms with Crippen molar-refractivity contribution in [3.8, 4) is 23.3 Å². The zero-order chi connectivity index (χ0) is 30.8. The van der Waals surface area contributed by atoms with Gasteiger partial charge >= 0.3 is 0 Å². The molecule has 0 aliphatic carbocycles. The molecule has 1 unspecified atom stereocenters. The Kier molecular flexibility index (Phi) is 8.27. The highest BCUT2D eigenvalue weighted by molar-refractivity contribution is 5.59. The van der Waals surface area contributed by atoms with Gasteiger partial charge in [0.2, 0.25) is 11.8 Å². The standard InChI is InChI=1S/C34H38N6O5/c1-42-31-19-32(43-2)38-30(37-31)21-39-13-10-24(11-14-39)36-25-8-9-28-23(18-25)17-22-5-3-6-26(33(22)45-28)29-20-40(15-16-44-29)27-7-4-12-35-34(27)41/h3-9,12,18-19,24,29,36H,10-11,13-17,20-21H2,1-2H3,(H,35,41). The number of rotatable bonds is 8. The molecule has 2 saturated heterocycles. The Morgan fingerprint density at radius 2 is 1.80 bits per heavy atom. The lowest BCUT2D eigenvalue weighted by Gasteiger charge is -2.35. The average Bonchev–Trinajstić information content (AvgIpc) is 3.08. The van der Waals surface area contributed by atoms with E-state index in [4.69, 9.17) is 18.9 Å². The first-order chi connectivity index (χ1) is 22.1. The fourth-order valence-corrected chi connectivity index (χ4v) is 6.46. The van der Waals surface area contributed by atoms with Gasteiger partial charge in [-0.1, -0.05) is 18.2 Å². The monoisotopic (exact) mass is 610 g/mol. The molecule has 1 atom stereocenters. The van der Waals surface area contributed by atoms with E-state index in [0.717, 1.165) is 66.2 Å². The summed E-state index contributed by atoms with van der Waals surface area (Å²) in [4.78, 5) is 28.6. The van der Waals surface area contributed by atoms with E-state index in [-0.39, 0.29) is 11.7 Å². The molecule has 0 radical (unpaired) electrons. The molecule has 3 aliphatic heterocycles. The molecule has 2 aromatic heterocycles. The summed E-state index contributed by atoms with van der Waals surface area (Å²) in [5.41, 5.74) is 5.00. The minimum absolute atomic E-state index is 0.0859. The number of morpholine rings is 1. The fourth-order valence-electron chi connectivity index (χ4n) is 6.46. The van der Waals surface area contributed by atoms with Crippen LogP contribution in [-0.4, -0.2) is 72.9 Å². The molecule has 0 saturated carbocycles. The number of piperidine rings is 1. The van der Waals surface area contributed by atoms with E-state index in [2.05, 4.69) is 66.5 Å². The topological polar surface area (TPSA) is 114 Å². The van der Waals surface area contributed by atoms with E-state index in [1.54, 1.807) is 26.5 Å². The number of H-pyrrole nitrogens is 1. The molecule has 0 bridgehead atoms. The van der Waals surface area contributed by atoms with Gasteiger partial charge in [-0.05, 0) is 48.7 Å². The van der Waals surface area contributed by atoms with Crippen molar-refractivity contribution in [2.75, 3.05) is 57.2 Å². The number of nitrogens with zero attached hydrogens (tertiary/aromatic N) is 4. The Morgan fingerprint density at radius 3 is 2.58 bits per heavy atom. The van der Waals surface area contributed by atoms with Crippen LogP contribution in [0.4, 0.5) is 11.4 Å². The van der Waals surface area contributed by atoms with E-state index < -0.39 is 0 Å². The van der Waals surface area contributed by atoms with E-state index >= 15 is 0 Å². The minimum atomic E-state index is -0.195. The lowest BCUT2D eigenvalue weighted by Crippen LogP contribution is -2.41. The highest BCUT2D eigenvalue weighted by Gasteiger charge is 2.29. The number of anilines is 2. The van der Waals surface area contributed by atoms with Gasteiger partial charge in [0, 0.05) is 61.7 Å². The Hall–Kier alpha value is -4.61. The number of pyridine rings is 1. The van der Waals surface area contributed by atoms with Crippen LogP contribution in [0.25, 0.3) is 0 Å². The summed E-state index contributed by atoms with van der Waals surface area (Å²) in [5, 5.41) is 3.76. The summed E-state index contributed by atoms with van der Waals surface area (Å²) in [7, 11) is 3.20. The van der Waals surface area contributed by atoms with Crippen LogP contribution in [0.2, 0.25) is 0 Å². The van der Waals surface area contributed by atoms with Crippen LogP contribution >= 0.6 is 0 Å². The van der Waals surface area contributed by atoms with Crippen molar-refractivity contribution in [3.05, 3.63) is 93.7 Å². The summed E-state index contributed by atoms with van der Waals surface area (Å²) >= 11 is 0. The molecule has 0 spiro atoms. The molecule has 2 N–H and O–H groups in total. The molecule has 4 aromatic rings. The second-order valence-corrected chi connectivity index (χ2v) is 11.7. The number of hydrogen-bond donors (Lipinski definition) is 2. The van der Waals surface area contributed by atoms with Crippen molar-refractivity contribution in [3.63, 3.8) is 0 Å². The van der Waals surface area contributed by atoms with Crippen molar-refractivity contribution in [1.82, 2.24) is 19.9 Å². The molecule has 234 valence electrons. The number of fused-ring (bicyclic) bond motifs is 2. The lowest BCUT2D eigenvalue weighted by molar-refractivity contribution is 0.0383. The van der Waals surface area contributed by atoms with Gasteiger partial charge in [0.25, 0.3) is 5.56 Å². The summed E-state index contributed by atoms with van der Waals surface area (Å²) in [5.74, 6) is 3.47. The number of nitrogens with one attached hydrogen (secondary N) is 2. The largest absolute Gasteiger partial charge is 0.481 e. The predicted octanol–water partition coefficient (Wildman–Crippen LogP) is 4.53. The van der Waals surface area contributed by atoms with Gasteiger partial charge in [0.15, 0.2) is 0 Å². The molecule has 2 aromatic carbocycles. The third kappa shape index (κ3) is 6.31. The fraction of sp³-hybridized carbons (Fsp3) is 0.382. The number of para-hydroxylation sites is 1. The molecule has 11 nitrogen and oxygen atoms in total. The first-order valence-corrected chi connectivity index (χ1v) is 15.5. The number of ether oxygens (including phenoxy) is 4. The maximum Gasteiger partial charge on any atom is 0.271 e. The van der Waals surface area contributed by atoms with Gasteiger partial charge in [0.05, 0.1) is 33.4 Å². The van der Waals surface area contributed by atoms with Gasteiger partial charge in [-0.15, -0.1) is 0 Å². The summed E-state index contributed by atoms with van der Waals surface area (Å²) in [6.07, 6.45) is 4.29. The molecule has 0 amide bonds. The Bertz CT molecular complexity index is 1700. The van der Waals surface area contributed by atoms with Crippen LogP contribution in [0.5, 0.6) is 23.3 Å². The van der Waals surface area contributed by atoms with Crippen molar-refractivity contribution >= 4 is 11.4 Å². The summed E-state index contributed by atoms with van der Waals surface area (Å²) in [6, 6.07) is 18.5. The number of likely N-dealkylation sites (tertiary alicyclic amines) is 1. The maximum absolute atomic E-state index is 12.4. The first kappa shape index (κ1) is 29.1. The number of aromatic amines is 1. The number of aromatic nitrogens is 3. The van der Waals surface area contributed by atoms with Crippen LogP contribution in [-0.2, 0) is 17.7 Å². The molecule has 11 heteroatoms. The van der Waals surface area contributed by atoms with E-state index in [1.807, 2.05) is 12.1 Å². The quantitative estimate of drug-likeness (QED) is 0.260. The molecule has 3 aliphatic rings.